The highest BCUT2D eigenvalue weighted by Crippen LogP contribution is 2.43. The number of piperidine rings is 2. The first-order valence-electron chi connectivity index (χ1n) is 5.56. The Balaban J connectivity index is 2.19. The minimum Gasteiger partial charge on any atom is -0.480 e. The molecule has 1 atom stereocenters. The van der Waals surface area contributed by atoms with Crippen molar-refractivity contribution in [2.45, 2.75) is 51.1 Å². The van der Waals surface area contributed by atoms with Gasteiger partial charge in [-0.25, -0.2) is 0 Å². The maximum absolute atomic E-state index is 11.0. The quantitative estimate of drug-likeness (QED) is 0.707. The van der Waals surface area contributed by atoms with E-state index in [9.17, 15) is 4.79 Å². The highest BCUT2D eigenvalue weighted by Gasteiger charge is 2.49. The first-order chi connectivity index (χ1) is 6.55. The lowest BCUT2D eigenvalue weighted by atomic mass is 9.64. The van der Waals surface area contributed by atoms with Crippen LogP contribution in [-0.4, -0.2) is 22.7 Å². The largest absolute Gasteiger partial charge is 0.480 e. The first kappa shape index (κ1) is 9.97. The Morgan fingerprint density at radius 3 is 2.43 bits per heavy atom. The van der Waals surface area contributed by atoms with E-state index < -0.39 is 5.97 Å². The zero-order valence-corrected chi connectivity index (χ0v) is 8.92. The molecule has 0 spiro atoms. The zero-order valence-electron chi connectivity index (χ0n) is 8.92. The van der Waals surface area contributed by atoms with Gasteiger partial charge in [0, 0.05) is 5.54 Å². The molecule has 0 aromatic rings. The van der Waals surface area contributed by atoms with Gasteiger partial charge in [0.2, 0.25) is 0 Å². The summed E-state index contributed by atoms with van der Waals surface area (Å²) < 4.78 is 0. The van der Waals surface area contributed by atoms with Gasteiger partial charge in [-0.2, -0.15) is 0 Å². The van der Waals surface area contributed by atoms with Crippen LogP contribution in [0.3, 0.4) is 0 Å². The molecule has 3 nitrogen and oxygen atoms in total. The molecule has 0 amide bonds. The van der Waals surface area contributed by atoms with Crippen LogP contribution in [-0.2, 0) is 4.79 Å². The number of rotatable bonds is 2. The lowest BCUT2D eigenvalue weighted by Crippen LogP contribution is -2.65. The number of carboxylic acid groups (broad SMARTS) is 1. The number of carbonyl (C=O) groups is 1. The Bertz CT molecular complexity index is 242. The molecule has 3 rings (SSSR count). The van der Waals surface area contributed by atoms with Crippen molar-refractivity contribution in [2.75, 3.05) is 0 Å². The second-order valence-electron chi connectivity index (χ2n) is 5.11. The van der Waals surface area contributed by atoms with Gasteiger partial charge in [-0.05, 0) is 37.5 Å². The maximum atomic E-state index is 11.0. The summed E-state index contributed by atoms with van der Waals surface area (Å²) in [4.78, 5) is 11.0. The van der Waals surface area contributed by atoms with Gasteiger partial charge in [-0.15, -0.1) is 0 Å². The summed E-state index contributed by atoms with van der Waals surface area (Å²) >= 11 is 0. The first-order valence-corrected chi connectivity index (χ1v) is 5.56. The fraction of sp³-hybridized carbons (Fsp3) is 0.909. The van der Waals surface area contributed by atoms with Crippen LogP contribution < -0.4 is 5.32 Å². The van der Waals surface area contributed by atoms with Crippen LogP contribution in [0.25, 0.3) is 0 Å². The molecule has 0 aromatic carbocycles. The predicted octanol–water partition coefficient (Wildman–Crippen LogP) is 1.63. The predicted molar refractivity (Wildman–Crippen MR) is 54.1 cm³/mol. The lowest BCUT2D eigenvalue weighted by molar-refractivity contribution is -0.145. The Morgan fingerprint density at radius 1 is 1.43 bits per heavy atom. The van der Waals surface area contributed by atoms with Crippen molar-refractivity contribution in [3.63, 3.8) is 0 Å². The van der Waals surface area contributed by atoms with Gasteiger partial charge in [0.05, 0.1) is 0 Å². The molecule has 3 fully saturated rings. The second kappa shape index (κ2) is 3.23. The normalized spacial score (nSPS) is 41.6. The van der Waals surface area contributed by atoms with E-state index in [-0.39, 0.29) is 11.6 Å². The second-order valence-corrected chi connectivity index (χ2v) is 5.11. The highest BCUT2D eigenvalue weighted by atomic mass is 16.4. The highest BCUT2D eigenvalue weighted by molar-refractivity contribution is 5.74. The smallest absolute Gasteiger partial charge is 0.320 e. The zero-order chi connectivity index (χ0) is 10.3. The van der Waals surface area contributed by atoms with Gasteiger partial charge in [0.15, 0.2) is 0 Å². The summed E-state index contributed by atoms with van der Waals surface area (Å²) in [6.07, 6.45) is 4.47. The summed E-state index contributed by atoms with van der Waals surface area (Å²) in [5, 5.41) is 12.5. The molecule has 2 aliphatic heterocycles. The Kier molecular flexibility index (Phi) is 2.30. The SMILES string of the molecule is CC(C)C12CCC(CC1)C(C(=O)O)N2. The molecule has 0 radical (unpaired) electrons. The fourth-order valence-corrected chi connectivity index (χ4v) is 3.07. The van der Waals surface area contributed by atoms with Gasteiger partial charge < -0.3 is 5.11 Å². The van der Waals surface area contributed by atoms with Crippen LogP contribution in [0.4, 0.5) is 0 Å². The third-order valence-electron chi connectivity index (χ3n) is 4.21. The van der Waals surface area contributed by atoms with E-state index in [0.717, 1.165) is 25.7 Å². The number of hydrogen-bond acceptors (Lipinski definition) is 2. The van der Waals surface area contributed by atoms with Gasteiger partial charge in [0.1, 0.15) is 6.04 Å². The monoisotopic (exact) mass is 197 g/mol. The van der Waals surface area contributed by atoms with Crippen LogP contribution >= 0.6 is 0 Å². The molecule has 0 aromatic heterocycles. The lowest BCUT2D eigenvalue weighted by Gasteiger charge is -2.53. The van der Waals surface area contributed by atoms with Crippen molar-refractivity contribution < 1.29 is 9.90 Å². The van der Waals surface area contributed by atoms with Gasteiger partial charge in [0.25, 0.3) is 0 Å². The Hall–Kier alpha value is -0.570. The van der Waals surface area contributed by atoms with Crippen LogP contribution in [0.1, 0.15) is 39.5 Å². The molecule has 2 N–H and O–H groups in total. The summed E-state index contributed by atoms with van der Waals surface area (Å²) in [6, 6.07) is -0.292. The number of carboxylic acids is 1. The topological polar surface area (TPSA) is 49.3 Å². The number of fused-ring (bicyclic) bond motifs is 3. The molecule has 2 heterocycles. The van der Waals surface area contributed by atoms with Gasteiger partial charge in [-0.3, -0.25) is 10.1 Å². The minimum absolute atomic E-state index is 0.109. The molecule has 3 heteroatoms. The van der Waals surface area contributed by atoms with Crippen molar-refractivity contribution >= 4 is 5.97 Å². The van der Waals surface area contributed by atoms with Gasteiger partial charge >= 0.3 is 5.97 Å². The molecule has 14 heavy (non-hydrogen) atoms. The average Bonchev–Trinajstić information content (AvgIpc) is 2.19. The van der Waals surface area contributed by atoms with Crippen molar-refractivity contribution in [2.24, 2.45) is 11.8 Å². The van der Waals surface area contributed by atoms with E-state index in [0.29, 0.717) is 11.8 Å². The molecule has 2 saturated heterocycles. The van der Waals surface area contributed by atoms with E-state index in [1.165, 1.54) is 0 Å². The molecule has 3 aliphatic rings. The van der Waals surface area contributed by atoms with Crippen molar-refractivity contribution in [1.82, 2.24) is 5.32 Å². The number of nitrogens with one attached hydrogen (secondary N) is 1. The molecule has 2 bridgehead atoms. The van der Waals surface area contributed by atoms with Crippen LogP contribution in [0, 0.1) is 11.8 Å². The third kappa shape index (κ3) is 1.34. The van der Waals surface area contributed by atoms with Crippen molar-refractivity contribution in [3.8, 4) is 0 Å². The summed E-state index contributed by atoms with van der Waals surface area (Å²) in [6.45, 7) is 4.38. The van der Waals surface area contributed by atoms with Gasteiger partial charge in [-0.1, -0.05) is 13.8 Å². The number of aliphatic carboxylic acids is 1. The van der Waals surface area contributed by atoms with E-state index in [1.54, 1.807) is 0 Å². The average molecular weight is 197 g/mol. The third-order valence-corrected chi connectivity index (χ3v) is 4.21. The fourth-order valence-electron chi connectivity index (χ4n) is 3.07. The molecule has 1 saturated carbocycles. The molecule has 1 aliphatic carbocycles. The van der Waals surface area contributed by atoms with Crippen molar-refractivity contribution in [3.05, 3.63) is 0 Å². The standard InChI is InChI=1S/C11H19NO2/c1-7(2)11-5-3-8(4-6-11)9(12-11)10(13)14/h7-9,12H,3-6H2,1-2H3,(H,13,14). The van der Waals surface area contributed by atoms with Crippen LogP contribution in [0.2, 0.25) is 0 Å². The van der Waals surface area contributed by atoms with Crippen LogP contribution in [0.15, 0.2) is 0 Å². The van der Waals surface area contributed by atoms with E-state index in [2.05, 4.69) is 19.2 Å². The summed E-state index contributed by atoms with van der Waals surface area (Å²) in [5.74, 6) is 0.234. The Labute approximate surface area is 84.9 Å². The van der Waals surface area contributed by atoms with E-state index in [4.69, 9.17) is 5.11 Å². The Morgan fingerprint density at radius 2 is 2.00 bits per heavy atom. The van der Waals surface area contributed by atoms with Crippen molar-refractivity contribution in [1.29, 1.82) is 0 Å². The maximum Gasteiger partial charge on any atom is 0.320 e. The van der Waals surface area contributed by atoms with Crippen LogP contribution in [0.5, 0.6) is 0 Å². The molecule has 80 valence electrons. The molecular weight excluding hydrogens is 178 g/mol. The minimum atomic E-state index is -0.667. The molecular formula is C11H19NO2. The van der Waals surface area contributed by atoms with E-state index in [1.807, 2.05) is 0 Å². The van der Waals surface area contributed by atoms with E-state index >= 15 is 0 Å². The molecule has 1 unspecified atom stereocenters. The summed E-state index contributed by atoms with van der Waals surface area (Å²) in [5.41, 5.74) is 0.109. The number of hydrogen-bond donors (Lipinski definition) is 2. The summed E-state index contributed by atoms with van der Waals surface area (Å²) in [7, 11) is 0.